The van der Waals surface area contributed by atoms with E-state index in [0.717, 1.165) is 41.3 Å². The van der Waals surface area contributed by atoms with E-state index in [2.05, 4.69) is 27.0 Å². The molecule has 7 heteroatoms. The summed E-state index contributed by atoms with van der Waals surface area (Å²) in [6, 6.07) is 12.2. The molecule has 4 heterocycles. The van der Waals surface area contributed by atoms with Crippen molar-refractivity contribution in [3.8, 4) is 0 Å². The maximum absolute atomic E-state index is 13.5. The largest absolute Gasteiger partial charge is 0.355 e. The molecule has 28 heavy (non-hydrogen) atoms. The molecule has 1 aromatic carbocycles. The number of fused-ring (bicyclic) bond motifs is 1. The lowest BCUT2D eigenvalue weighted by Crippen LogP contribution is -2.47. The second-order valence-corrected chi connectivity index (χ2v) is 7.57. The Kier molecular flexibility index (Phi) is 4.10. The number of halogens is 2. The molecule has 0 bridgehead atoms. The van der Waals surface area contributed by atoms with E-state index in [1.54, 1.807) is 12.4 Å². The molecule has 5 nitrogen and oxygen atoms in total. The molecule has 0 radical (unpaired) electrons. The van der Waals surface area contributed by atoms with E-state index in [1.807, 2.05) is 29.2 Å². The molecule has 0 spiro atoms. The zero-order chi connectivity index (χ0) is 19.1. The molecule has 2 fully saturated rings. The van der Waals surface area contributed by atoms with Crippen molar-refractivity contribution in [3.63, 3.8) is 0 Å². The first-order chi connectivity index (χ1) is 13.6. The van der Waals surface area contributed by atoms with Crippen LogP contribution >= 0.6 is 0 Å². The van der Waals surface area contributed by atoms with E-state index in [0.29, 0.717) is 13.1 Å². The fraction of sp³-hybridized carbons (Fsp3) is 0.381. The zero-order valence-corrected chi connectivity index (χ0v) is 15.4. The second kappa shape index (κ2) is 6.65. The van der Waals surface area contributed by atoms with Crippen molar-refractivity contribution in [2.45, 2.75) is 24.7 Å². The van der Waals surface area contributed by atoms with Crippen LogP contribution in [0.4, 0.5) is 20.4 Å². The first-order valence-corrected chi connectivity index (χ1v) is 9.63. The number of rotatable bonds is 3. The quantitative estimate of drug-likeness (QED) is 0.689. The van der Waals surface area contributed by atoms with Gasteiger partial charge in [0.05, 0.1) is 11.2 Å². The van der Waals surface area contributed by atoms with E-state index >= 15 is 0 Å². The van der Waals surface area contributed by atoms with Crippen LogP contribution in [0.2, 0.25) is 0 Å². The van der Waals surface area contributed by atoms with Crippen molar-refractivity contribution in [3.05, 3.63) is 54.5 Å². The van der Waals surface area contributed by atoms with Crippen molar-refractivity contribution >= 4 is 22.5 Å². The average molecular weight is 381 g/mol. The van der Waals surface area contributed by atoms with Crippen LogP contribution < -0.4 is 9.80 Å². The monoisotopic (exact) mass is 381 g/mol. The Hall–Kier alpha value is -2.83. The Morgan fingerprint density at radius 2 is 1.64 bits per heavy atom. The van der Waals surface area contributed by atoms with Crippen LogP contribution in [-0.2, 0) is 0 Å². The highest BCUT2D eigenvalue weighted by atomic mass is 19.3. The van der Waals surface area contributed by atoms with Gasteiger partial charge in [0.1, 0.15) is 5.82 Å². The van der Waals surface area contributed by atoms with Crippen molar-refractivity contribution in [1.29, 1.82) is 0 Å². The smallest absolute Gasteiger partial charge is 0.251 e. The molecule has 0 amide bonds. The minimum Gasteiger partial charge on any atom is -0.355 e. The van der Waals surface area contributed by atoms with Gasteiger partial charge in [0.25, 0.3) is 5.92 Å². The summed E-state index contributed by atoms with van der Waals surface area (Å²) in [6.07, 6.45) is 3.09. The number of benzene rings is 1. The maximum Gasteiger partial charge on any atom is 0.251 e. The topological polar surface area (TPSA) is 45.2 Å². The molecule has 3 aromatic rings. The number of para-hydroxylation sites is 1. The van der Waals surface area contributed by atoms with Gasteiger partial charge in [-0.1, -0.05) is 18.2 Å². The molecule has 0 saturated carbocycles. The van der Waals surface area contributed by atoms with Gasteiger partial charge in [0, 0.05) is 62.7 Å². The summed E-state index contributed by atoms with van der Waals surface area (Å²) in [6.45, 7) is 2.25. The molecular weight excluding hydrogens is 360 g/mol. The summed E-state index contributed by atoms with van der Waals surface area (Å²) in [5.74, 6) is -0.611. The van der Waals surface area contributed by atoms with Crippen LogP contribution in [-0.4, -0.2) is 47.1 Å². The van der Waals surface area contributed by atoms with Crippen LogP contribution in [0.25, 0.3) is 10.9 Å². The highest BCUT2D eigenvalue weighted by molar-refractivity contribution is 5.80. The van der Waals surface area contributed by atoms with Crippen molar-refractivity contribution in [1.82, 2.24) is 15.0 Å². The summed E-state index contributed by atoms with van der Waals surface area (Å²) < 4.78 is 27.0. The van der Waals surface area contributed by atoms with Gasteiger partial charge in [0.2, 0.25) is 0 Å². The first kappa shape index (κ1) is 17.3. The van der Waals surface area contributed by atoms with Gasteiger partial charge in [-0.15, -0.1) is 0 Å². The summed E-state index contributed by atoms with van der Waals surface area (Å²) in [5, 5.41) is 1.13. The van der Waals surface area contributed by atoms with Crippen molar-refractivity contribution in [2.75, 3.05) is 36.0 Å². The molecule has 2 aliphatic heterocycles. The second-order valence-electron chi connectivity index (χ2n) is 7.57. The third-order valence-electron chi connectivity index (χ3n) is 5.68. The van der Waals surface area contributed by atoms with E-state index in [-0.39, 0.29) is 18.8 Å². The highest BCUT2D eigenvalue weighted by Gasteiger charge is 2.37. The normalized spacial score (nSPS) is 19.6. The van der Waals surface area contributed by atoms with E-state index in [4.69, 9.17) is 4.98 Å². The predicted molar refractivity (Wildman–Crippen MR) is 105 cm³/mol. The van der Waals surface area contributed by atoms with Crippen LogP contribution in [0.15, 0.2) is 48.8 Å². The third-order valence-corrected chi connectivity index (χ3v) is 5.68. The number of aromatic nitrogens is 3. The van der Waals surface area contributed by atoms with E-state index < -0.39 is 5.92 Å². The fourth-order valence-electron chi connectivity index (χ4n) is 3.99. The lowest BCUT2D eigenvalue weighted by Gasteiger charge is -2.41. The van der Waals surface area contributed by atoms with Gasteiger partial charge in [-0.3, -0.25) is 4.98 Å². The van der Waals surface area contributed by atoms with Gasteiger partial charge in [-0.05, 0) is 18.2 Å². The number of anilines is 2. The number of alkyl halides is 2. The van der Waals surface area contributed by atoms with Gasteiger partial charge < -0.3 is 9.80 Å². The van der Waals surface area contributed by atoms with Crippen LogP contribution in [0.1, 0.15) is 24.5 Å². The Labute approximate surface area is 162 Å². The van der Waals surface area contributed by atoms with Crippen molar-refractivity contribution in [2.24, 2.45) is 0 Å². The van der Waals surface area contributed by atoms with Gasteiger partial charge in [-0.25, -0.2) is 18.7 Å². The van der Waals surface area contributed by atoms with Crippen LogP contribution in [0, 0.1) is 0 Å². The minimum atomic E-state index is -2.56. The minimum absolute atomic E-state index is 0.124. The van der Waals surface area contributed by atoms with Crippen LogP contribution in [0.5, 0.6) is 0 Å². The number of pyridine rings is 1. The summed E-state index contributed by atoms with van der Waals surface area (Å²) >= 11 is 0. The van der Waals surface area contributed by atoms with Gasteiger partial charge in [-0.2, -0.15) is 0 Å². The summed E-state index contributed by atoms with van der Waals surface area (Å²) in [7, 11) is 0. The Morgan fingerprint density at radius 1 is 0.893 bits per heavy atom. The molecule has 2 aromatic heterocycles. The first-order valence-electron chi connectivity index (χ1n) is 9.63. The Morgan fingerprint density at radius 3 is 2.46 bits per heavy atom. The highest BCUT2D eigenvalue weighted by Crippen LogP contribution is 2.36. The molecular formula is C21H21F2N5. The molecule has 0 aliphatic carbocycles. The Bertz CT molecular complexity index is 993. The molecule has 0 unspecified atom stereocenters. The van der Waals surface area contributed by atoms with Gasteiger partial charge in [0.15, 0.2) is 5.82 Å². The number of hydrogen-bond donors (Lipinski definition) is 0. The lowest BCUT2D eigenvalue weighted by molar-refractivity contribution is -0.0222. The average Bonchev–Trinajstić information content (AvgIpc) is 2.67. The number of piperidine rings is 1. The fourth-order valence-corrected chi connectivity index (χ4v) is 3.99. The van der Waals surface area contributed by atoms with E-state index in [9.17, 15) is 8.78 Å². The predicted octanol–water partition coefficient (Wildman–Crippen LogP) is 3.86. The molecule has 0 atom stereocenters. The number of nitrogens with zero attached hydrogens (tertiary/aromatic N) is 5. The van der Waals surface area contributed by atoms with Crippen molar-refractivity contribution < 1.29 is 8.78 Å². The lowest BCUT2D eigenvalue weighted by atomic mass is 9.94. The zero-order valence-electron chi connectivity index (χ0n) is 15.4. The van der Waals surface area contributed by atoms with E-state index in [1.165, 1.54) is 0 Å². The van der Waals surface area contributed by atoms with Gasteiger partial charge >= 0.3 is 0 Å². The Balaban J connectivity index is 1.32. The standard InChI is InChI=1S/C21H21F2N5/c22-21(23)7-11-27(12-8-21)20-19(24-9-10-25-20)16-13-28(14-16)18-6-5-15-3-1-2-4-17(15)26-18/h1-6,9-10,16H,7-8,11-14H2. The molecule has 144 valence electrons. The maximum atomic E-state index is 13.5. The molecule has 2 saturated heterocycles. The number of hydrogen-bond acceptors (Lipinski definition) is 5. The third kappa shape index (κ3) is 3.15. The molecule has 5 rings (SSSR count). The SMILES string of the molecule is FC1(F)CCN(c2nccnc2C2CN(c3ccc4ccccc4n3)C2)CC1. The summed E-state index contributed by atoms with van der Waals surface area (Å²) in [5.41, 5.74) is 1.89. The van der Waals surface area contributed by atoms with Crippen LogP contribution in [0.3, 0.4) is 0 Å². The molecule has 2 aliphatic rings. The summed E-state index contributed by atoms with van der Waals surface area (Å²) in [4.78, 5) is 18.0. The molecule has 0 N–H and O–H groups in total.